The number of piperidine rings is 1. The van der Waals surface area contributed by atoms with Crippen molar-refractivity contribution in [2.75, 3.05) is 19.6 Å². The second-order valence-corrected chi connectivity index (χ2v) is 5.67. The Bertz CT molecular complexity index is 633. The van der Waals surface area contributed by atoms with E-state index in [0.29, 0.717) is 12.0 Å². The van der Waals surface area contributed by atoms with Gasteiger partial charge in [-0.25, -0.2) is 0 Å². The molecule has 3 atom stereocenters. The highest BCUT2D eigenvalue weighted by atomic mass is 16.1. The number of nitrogens with one attached hydrogen (secondary N) is 2. The van der Waals surface area contributed by atoms with Crippen LogP contribution >= 0.6 is 0 Å². The third-order valence-electron chi connectivity index (χ3n) is 4.46. The van der Waals surface area contributed by atoms with Crippen LogP contribution in [0, 0.1) is 5.92 Å². The average molecular weight is 255 g/mol. The first-order chi connectivity index (χ1) is 9.29. The lowest BCUT2D eigenvalue weighted by Crippen LogP contribution is -2.43. The molecule has 1 aromatic carbocycles. The lowest BCUT2D eigenvalue weighted by atomic mass is 9.99. The lowest BCUT2D eigenvalue weighted by Gasteiger charge is -2.23. The zero-order chi connectivity index (χ0) is 12.8. The van der Waals surface area contributed by atoms with E-state index in [1.165, 1.54) is 13.0 Å². The molecule has 2 aliphatic rings. The van der Waals surface area contributed by atoms with Gasteiger partial charge in [0.05, 0.1) is 0 Å². The number of aromatic nitrogens is 1. The molecule has 2 aromatic rings. The van der Waals surface area contributed by atoms with E-state index in [4.69, 9.17) is 0 Å². The maximum Gasteiger partial charge on any atom is 0.251 e. The summed E-state index contributed by atoms with van der Waals surface area (Å²) >= 11 is 0. The highest BCUT2D eigenvalue weighted by Gasteiger charge is 2.38. The molecular formula is C15H17N3O. The highest BCUT2D eigenvalue weighted by Crippen LogP contribution is 2.28. The van der Waals surface area contributed by atoms with Gasteiger partial charge >= 0.3 is 0 Å². The summed E-state index contributed by atoms with van der Waals surface area (Å²) in [5.41, 5.74) is 1.83. The molecule has 2 N–H and O–H groups in total. The fourth-order valence-electron chi connectivity index (χ4n) is 3.39. The number of fused-ring (bicyclic) bond motifs is 3. The largest absolute Gasteiger partial charge is 0.361 e. The van der Waals surface area contributed by atoms with E-state index in [2.05, 4.69) is 15.2 Å². The number of H-pyrrole nitrogens is 1. The molecule has 3 heterocycles. The van der Waals surface area contributed by atoms with E-state index in [1.807, 2.05) is 30.5 Å². The van der Waals surface area contributed by atoms with Crippen molar-refractivity contribution >= 4 is 16.8 Å². The van der Waals surface area contributed by atoms with E-state index in [9.17, 15) is 4.79 Å². The Hall–Kier alpha value is -1.81. The van der Waals surface area contributed by atoms with Crippen LogP contribution in [0.15, 0.2) is 30.5 Å². The van der Waals surface area contributed by atoms with Crippen molar-refractivity contribution in [2.45, 2.75) is 12.5 Å². The monoisotopic (exact) mass is 255 g/mol. The summed E-state index contributed by atoms with van der Waals surface area (Å²) in [6.45, 7) is 3.37. The molecule has 2 fully saturated rings. The van der Waals surface area contributed by atoms with Crippen LogP contribution in [0.25, 0.3) is 10.9 Å². The van der Waals surface area contributed by atoms with Crippen molar-refractivity contribution in [3.63, 3.8) is 0 Å². The second-order valence-electron chi connectivity index (χ2n) is 5.67. The van der Waals surface area contributed by atoms with Gasteiger partial charge in [-0.1, -0.05) is 0 Å². The molecule has 0 radical (unpaired) electrons. The number of nitrogens with zero attached hydrogens (tertiary/aromatic N) is 1. The first-order valence-electron chi connectivity index (χ1n) is 6.90. The van der Waals surface area contributed by atoms with Crippen molar-refractivity contribution in [1.29, 1.82) is 0 Å². The van der Waals surface area contributed by atoms with E-state index >= 15 is 0 Å². The van der Waals surface area contributed by atoms with Gasteiger partial charge in [0, 0.05) is 41.8 Å². The predicted molar refractivity (Wildman–Crippen MR) is 74.1 cm³/mol. The molecule has 98 valence electrons. The Kier molecular flexibility index (Phi) is 2.38. The SMILES string of the molecule is O=C(N[C@H]1CN2CC[C@H]1C2)c1ccc2[nH]ccc2c1. The van der Waals surface area contributed by atoms with Crippen molar-refractivity contribution in [3.8, 4) is 0 Å². The summed E-state index contributed by atoms with van der Waals surface area (Å²) in [4.78, 5) is 17.9. The van der Waals surface area contributed by atoms with Crippen molar-refractivity contribution in [2.24, 2.45) is 5.92 Å². The molecular weight excluding hydrogens is 238 g/mol. The molecule has 4 rings (SSSR count). The van der Waals surface area contributed by atoms with Gasteiger partial charge < -0.3 is 15.2 Å². The smallest absolute Gasteiger partial charge is 0.251 e. The van der Waals surface area contributed by atoms with Gasteiger partial charge in [-0.05, 0) is 43.1 Å². The summed E-state index contributed by atoms with van der Waals surface area (Å²) in [7, 11) is 0. The number of amides is 1. The number of carbonyl (C=O) groups is 1. The van der Waals surface area contributed by atoms with Crippen molar-refractivity contribution in [3.05, 3.63) is 36.0 Å². The molecule has 0 aliphatic carbocycles. The quantitative estimate of drug-likeness (QED) is 0.856. The van der Waals surface area contributed by atoms with Gasteiger partial charge in [0.25, 0.3) is 5.91 Å². The Balaban J connectivity index is 1.53. The number of hydrogen-bond acceptors (Lipinski definition) is 2. The van der Waals surface area contributed by atoms with E-state index < -0.39 is 0 Å². The van der Waals surface area contributed by atoms with E-state index in [0.717, 1.165) is 29.6 Å². The Morgan fingerprint density at radius 1 is 1.32 bits per heavy atom. The number of rotatable bonds is 2. The Morgan fingerprint density at radius 2 is 2.26 bits per heavy atom. The maximum atomic E-state index is 12.3. The van der Waals surface area contributed by atoms with Crippen LogP contribution in [-0.4, -0.2) is 41.5 Å². The molecule has 2 aliphatic heterocycles. The summed E-state index contributed by atoms with van der Waals surface area (Å²) < 4.78 is 0. The summed E-state index contributed by atoms with van der Waals surface area (Å²) in [5.74, 6) is 0.710. The average Bonchev–Trinajstić information content (AvgIpc) is 3.13. The van der Waals surface area contributed by atoms with Gasteiger partial charge in [-0.3, -0.25) is 4.79 Å². The van der Waals surface area contributed by atoms with Crippen LogP contribution in [0.5, 0.6) is 0 Å². The number of aromatic amines is 1. The number of hydrogen-bond donors (Lipinski definition) is 2. The fraction of sp³-hybridized carbons (Fsp3) is 0.400. The minimum Gasteiger partial charge on any atom is -0.361 e. The summed E-state index contributed by atoms with van der Waals surface area (Å²) in [6.07, 6.45) is 3.12. The number of benzene rings is 1. The summed E-state index contributed by atoms with van der Waals surface area (Å²) in [6, 6.07) is 8.14. The third kappa shape index (κ3) is 1.83. The van der Waals surface area contributed by atoms with Crippen LogP contribution in [-0.2, 0) is 0 Å². The molecule has 1 amide bonds. The van der Waals surface area contributed by atoms with Crippen LogP contribution in [0.2, 0.25) is 0 Å². The van der Waals surface area contributed by atoms with E-state index in [-0.39, 0.29) is 5.91 Å². The minimum absolute atomic E-state index is 0.0573. The standard InChI is InChI=1S/C15H17N3O/c19-15(17-14-9-18-6-4-12(14)8-18)11-1-2-13-10(7-11)3-5-16-13/h1-3,5,7,12,14,16H,4,6,8-9H2,(H,17,19)/t12-,14-/m0/s1. The van der Waals surface area contributed by atoms with Crippen molar-refractivity contribution in [1.82, 2.24) is 15.2 Å². The van der Waals surface area contributed by atoms with Crippen LogP contribution < -0.4 is 5.32 Å². The molecule has 1 unspecified atom stereocenters. The first-order valence-corrected chi connectivity index (χ1v) is 6.90. The molecule has 4 nitrogen and oxygen atoms in total. The Labute approximate surface area is 111 Å². The van der Waals surface area contributed by atoms with Gasteiger partial charge in [0.15, 0.2) is 0 Å². The molecule has 2 saturated heterocycles. The second kappa shape index (κ2) is 4.10. The number of carbonyl (C=O) groups excluding carboxylic acids is 1. The molecule has 19 heavy (non-hydrogen) atoms. The fourth-order valence-corrected chi connectivity index (χ4v) is 3.39. The van der Waals surface area contributed by atoms with Gasteiger partial charge in [-0.15, -0.1) is 0 Å². The lowest BCUT2D eigenvalue weighted by molar-refractivity contribution is 0.0924. The summed E-state index contributed by atoms with van der Waals surface area (Å²) in [5, 5.41) is 4.28. The van der Waals surface area contributed by atoms with Gasteiger partial charge in [0.1, 0.15) is 0 Å². The molecule has 2 bridgehead atoms. The Morgan fingerprint density at radius 3 is 3.05 bits per heavy atom. The topological polar surface area (TPSA) is 48.1 Å². The minimum atomic E-state index is 0.0573. The van der Waals surface area contributed by atoms with Crippen LogP contribution in [0.3, 0.4) is 0 Å². The molecule has 1 aromatic heterocycles. The molecule has 4 heteroatoms. The third-order valence-corrected chi connectivity index (χ3v) is 4.46. The normalized spacial score (nSPS) is 28.9. The highest BCUT2D eigenvalue weighted by molar-refractivity contribution is 5.98. The van der Waals surface area contributed by atoms with Crippen molar-refractivity contribution < 1.29 is 4.79 Å². The van der Waals surface area contributed by atoms with Crippen LogP contribution in [0.1, 0.15) is 16.8 Å². The molecule has 0 spiro atoms. The van der Waals surface area contributed by atoms with Crippen LogP contribution in [0.4, 0.5) is 0 Å². The zero-order valence-corrected chi connectivity index (χ0v) is 10.7. The van der Waals surface area contributed by atoms with E-state index in [1.54, 1.807) is 0 Å². The zero-order valence-electron chi connectivity index (χ0n) is 10.7. The maximum absolute atomic E-state index is 12.3. The van der Waals surface area contributed by atoms with Gasteiger partial charge in [-0.2, -0.15) is 0 Å². The predicted octanol–water partition coefficient (Wildman–Crippen LogP) is 1.60. The first kappa shape index (κ1) is 11.1. The molecule has 0 saturated carbocycles. The van der Waals surface area contributed by atoms with Gasteiger partial charge in [0.2, 0.25) is 0 Å².